The number of nitrogens with one attached hydrogen (secondary N) is 1. The number of nitrogens with zero attached hydrogens (tertiary/aromatic N) is 3. The Labute approximate surface area is 133 Å². The number of amides is 1. The highest BCUT2D eigenvalue weighted by atomic mass is 32.2. The van der Waals surface area contributed by atoms with Crippen LogP contribution in [0.4, 0.5) is 10.1 Å². The summed E-state index contributed by atoms with van der Waals surface area (Å²) >= 11 is 1.35. The zero-order chi connectivity index (χ0) is 15.8. The smallest absolute Gasteiger partial charge is 0.234 e. The van der Waals surface area contributed by atoms with Crippen molar-refractivity contribution in [3.05, 3.63) is 36.4 Å². The number of hydrogen-bond acceptors (Lipinski definition) is 4. The molecule has 0 saturated heterocycles. The van der Waals surface area contributed by atoms with Crippen LogP contribution in [0.25, 0.3) is 0 Å². The van der Waals surface area contributed by atoms with Crippen LogP contribution in [0.15, 0.2) is 35.7 Å². The van der Waals surface area contributed by atoms with E-state index < -0.39 is 0 Å². The molecule has 2 aromatic rings. The van der Waals surface area contributed by atoms with Crippen molar-refractivity contribution in [3.8, 4) is 0 Å². The van der Waals surface area contributed by atoms with Crippen molar-refractivity contribution in [3.63, 3.8) is 0 Å². The molecule has 0 bridgehead atoms. The second-order valence-electron chi connectivity index (χ2n) is 4.86. The maximum absolute atomic E-state index is 12.8. The van der Waals surface area contributed by atoms with Crippen LogP contribution in [0.5, 0.6) is 0 Å². The highest BCUT2D eigenvalue weighted by molar-refractivity contribution is 7.99. The van der Waals surface area contributed by atoms with Gasteiger partial charge in [-0.25, -0.2) is 4.39 Å². The summed E-state index contributed by atoms with van der Waals surface area (Å²) in [6.07, 6.45) is 5.08. The molecule has 1 N–H and O–H groups in total. The lowest BCUT2D eigenvalue weighted by atomic mass is 10.2. The summed E-state index contributed by atoms with van der Waals surface area (Å²) in [5, 5.41) is 11.4. The standard InChI is InChI=1S/C15H19FN4OS/c1-2-3-4-9-20-11-17-19-15(20)22-10-14(21)18-13-7-5-12(16)6-8-13/h5-8,11H,2-4,9-10H2,1H3,(H,18,21). The fourth-order valence-corrected chi connectivity index (χ4v) is 2.64. The van der Waals surface area contributed by atoms with E-state index in [-0.39, 0.29) is 17.5 Å². The van der Waals surface area contributed by atoms with Gasteiger partial charge in [-0.15, -0.1) is 10.2 Å². The van der Waals surface area contributed by atoms with Gasteiger partial charge in [-0.2, -0.15) is 0 Å². The topological polar surface area (TPSA) is 59.8 Å². The molecule has 1 aromatic carbocycles. The number of aromatic nitrogens is 3. The number of benzene rings is 1. The Balaban J connectivity index is 1.81. The van der Waals surface area contributed by atoms with Crippen molar-refractivity contribution in [2.45, 2.75) is 37.9 Å². The normalized spacial score (nSPS) is 10.6. The molecule has 0 atom stereocenters. The van der Waals surface area contributed by atoms with Crippen molar-refractivity contribution in [1.29, 1.82) is 0 Å². The molecule has 0 aliphatic rings. The number of unbranched alkanes of at least 4 members (excludes halogenated alkanes) is 2. The quantitative estimate of drug-likeness (QED) is 0.598. The summed E-state index contributed by atoms with van der Waals surface area (Å²) in [5.74, 6) is -0.239. The molecule has 7 heteroatoms. The molecule has 0 aliphatic heterocycles. The Morgan fingerprint density at radius 3 is 2.82 bits per heavy atom. The van der Waals surface area contributed by atoms with Crippen molar-refractivity contribution in [1.82, 2.24) is 14.8 Å². The van der Waals surface area contributed by atoms with E-state index in [0.717, 1.165) is 31.0 Å². The average Bonchev–Trinajstić information content (AvgIpc) is 2.95. The monoisotopic (exact) mass is 322 g/mol. The first-order chi connectivity index (χ1) is 10.7. The zero-order valence-electron chi connectivity index (χ0n) is 12.5. The molecule has 0 unspecified atom stereocenters. The minimum atomic E-state index is -0.326. The Morgan fingerprint density at radius 1 is 1.32 bits per heavy atom. The number of anilines is 1. The van der Waals surface area contributed by atoms with Gasteiger partial charge in [-0.1, -0.05) is 31.5 Å². The Kier molecular flexibility index (Phi) is 6.39. The van der Waals surface area contributed by atoms with E-state index in [1.165, 1.54) is 36.0 Å². The largest absolute Gasteiger partial charge is 0.325 e. The maximum atomic E-state index is 12.8. The number of carbonyl (C=O) groups excluding carboxylic acids is 1. The van der Waals surface area contributed by atoms with Crippen LogP contribution in [0.3, 0.4) is 0 Å². The van der Waals surface area contributed by atoms with Gasteiger partial charge in [0.15, 0.2) is 5.16 Å². The number of halogens is 1. The van der Waals surface area contributed by atoms with Gasteiger partial charge in [0.2, 0.25) is 5.91 Å². The zero-order valence-corrected chi connectivity index (χ0v) is 13.3. The van der Waals surface area contributed by atoms with Crippen LogP contribution in [0.2, 0.25) is 0 Å². The van der Waals surface area contributed by atoms with E-state index in [1.807, 2.05) is 4.57 Å². The third kappa shape index (κ3) is 5.14. The summed E-state index contributed by atoms with van der Waals surface area (Å²) < 4.78 is 14.8. The van der Waals surface area contributed by atoms with Gasteiger partial charge in [0.25, 0.3) is 0 Å². The fourth-order valence-electron chi connectivity index (χ4n) is 1.90. The van der Waals surface area contributed by atoms with Crippen molar-refractivity contribution >= 4 is 23.4 Å². The lowest BCUT2D eigenvalue weighted by Gasteiger charge is -2.06. The molecule has 0 saturated carbocycles. The third-order valence-electron chi connectivity index (χ3n) is 3.04. The molecule has 1 heterocycles. The Hall–Kier alpha value is -1.89. The molecule has 1 aromatic heterocycles. The number of thioether (sulfide) groups is 1. The van der Waals surface area contributed by atoms with E-state index in [9.17, 15) is 9.18 Å². The highest BCUT2D eigenvalue weighted by Crippen LogP contribution is 2.16. The summed E-state index contributed by atoms with van der Waals surface area (Å²) in [5.41, 5.74) is 0.580. The summed E-state index contributed by atoms with van der Waals surface area (Å²) in [7, 11) is 0. The van der Waals surface area contributed by atoms with Gasteiger partial charge in [-0.3, -0.25) is 4.79 Å². The second-order valence-corrected chi connectivity index (χ2v) is 5.80. The molecule has 0 spiro atoms. The van der Waals surface area contributed by atoms with Gasteiger partial charge in [-0.05, 0) is 30.7 Å². The lowest BCUT2D eigenvalue weighted by molar-refractivity contribution is -0.113. The van der Waals surface area contributed by atoms with Crippen molar-refractivity contribution < 1.29 is 9.18 Å². The van der Waals surface area contributed by atoms with Gasteiger partial charge < -0.3 is 9.88 Å². The van der Waals surface area contributed by atoms with E-state index in [4.69, 9.17) is 0 Å². The van der Waals surface area contributed by atoms with Gasteiger partial charge in [0.1, 0.15) is 12.1 Å². The molecule has 22 heavy (non-hydrogen) atoms. The molecular weight excluding hydrogens is 303 g/mol. The van der Waals surface area contributed by atoms with E-state index in [2.05, 4.69) is 22.4 Å². The van der Waals surface area contributed by atoms with Crippen LogP contribution in [0, 0.1) is 5.82 Å². The number of carbonyl (C=O) groups is 1. The summed E-state index contributed by atoms with van der Waals surface area (Å²) in [6, 6.07) is 5.69. The first-order valence-electron chi connectivity index (χ1n) is 7.25. The molecule has 0 aliphatic carbocycles. The second kappa shape index (κ2) is 8.53. The van der Waals surface area contributed by atoms with Gasteiger partial charge >= 0.3 is 0 Å². The van der Waals surface area contributed by atoms with Crippen LogP contribution in [0.1, 0.15) is 26.2 Å². The van der Waals surface area contributed by atoms with Crippen LogP contribution < -0.4 is 5.32 Å². The molecule has 0 fully saturated rings. The van der Waals surface area contributed by atoms with Crippen LogP contribution in [-0.2, 0) is 11.3 Å². The fraction of sp³-hybridized carbons (Fsp3) is 0.400. The molecule has 118 valence electrons. The van der Waals surface area contributed by atoms with E-state index >= 15 is 0 Å². The van der Waals surface area contributed by atoms with Crippen molar-refractivity contribution in [2.24, 2.45) is 0 Å². The molecular formula is C15H19FN4OS. The highest BCUT2D eigenvalue weighted by Gasteiger charge is 2.09. The van der Waals surface area contributed by atoms with E-state index in [0.29, 0.717) is 5.69 Å². The molecule has 1 amide bonds. The van der Waals surface area contributed by atoms with E-state index in [1.54, 1.807) is 6.33 Å². The maximum Gasteiger partial charge on any atom is 0.234 e. The van der Waals surface area contributed by atoms with Gasteiger partial charge in [0.05, 0.1) is 5.75 Å². The first kappa shape index (κ1) is 16.5. The van der Waals surface area contributed by atoms with Crippen molar-refractivity contribution in [2.75, 3.05) is 11.1 Å². The van der Waals surface area contributed by atoms with Gasteiger partial charge in [0, 0.05) is 12.2 Å². The average molecular weight is 322 g/mol. The number of hydrogen-bond donors (Lipinski definition) is 1. The summed E-state index contributed by atoms with van der Waals surface area (Å²) in [4.78, 5) is 11.9. The number of aryl methyl sites for hydroxylation is 1. The lowest BCUT2D eigenvalue weighted by Crippen LogP contribution is -2.14. The minimum Gasteiger partial charge on any atom is -0.325 e. The number of rotatable bonds is 8. The third-order valence-corrected chi connectivity index (χ3v) is 4.02. The molecule has 0 radical (unpaired) electrons. The van der Waals surface area contributed by atoms with Crippen LogP contribution >= 0.6 is 11.8 Å². The predicted octanol–water partition coefficient (Wildman–Crippen LogP) is 3.34. The molecule has 2 rings (SSSR count). The minimum absolute atomic E-state index is 0.153. The molecule has 5 nitrogen and oxygen atoms in total. The summed E-state index contributed by atoms with van der Waals surface area (Å²) in [6.45, 7) is 3.02. The Morgan fingerprint density at radius 2 is 2.09 bits per heavy atom. The Bertz CT molecular complexity index is 600. The predicted molar refractivity (Wildman–Crippen MR) is 85.3 cm³/mol. The van der Waals surface area contributed by atoms with Crippen LogP contribution in [-0.4, -0.2) is 26.4 Å². The first-order valence-corrected chi connectivity index (χ1v) is 8.23. The SMILES string of the molecule is CCCCCn1cnnc1SCC(=O)Nc1ccc(F)cc1.